The van der Waals surface area contributed by atoms with Crippen molar-refractivity contribution in [2.75, 3.05) is 18.1 Å². The number of ether oxygens (including phenoxy) is 1. The van der Waals surface area contributed by atoms with E-state index in [0.29, 0.717) is 16.7 Å². The zero-order valence-corrected chi connectivity index (χ0v) is 14.3. The molecule has 118 valence electrons. The zero-order chi connectivity index (χ0) is 15.7. The van der Waals surface area contributed by atoms with Crippen LogP contribution in [0.5, 0.6) is 0 Å². The van der Waals surface area contributed by atoms with Gasteiger partial charge in [-0.2, -0.15) is 0 Å². The van der Waals surface area contributed by atoms with Gasteiger partial charge in [0.05, 0.1) is 22.4 Å². The van der Waals surface area contributed by atoms with Crippen LogP contribution in [-0.2, 0) is 9.53 Å². The van der Waals surface area contributed by atoms with E-state index in [0.717, 1.165) is 29.7 Å². The highest BCUT2D eigenvalue weighted by Gasteiger charge is 2.27. The molecule has 0 radical (unpaired) electrons. The summed E-state index contributed by atoms with van der Waals surface area (Å²) in [6, 6.07) is 5.70. The number of benzene rings is 1. The van der Waals surface area contributed by atoms with E-state index in [1.807, 2.05) is 32.0 Å². The molecule has 0 N–H and O–H groups in total. The summed E-state index contributed by atoms with van der Waals surface area (Å²) in [5.74, 6) is -0.00503. The Morgan fingerprint density at radius 1 is 1.55 bits per heavy atom. The number of halogens is 1. The summed E-state index contributed by atoms with van der Waals surface area (Å²) in [5, 5.41) is 1.33. The number of amides is 1. The van der Waals surface area contributed by atoms with E-state index in [1.165, 1.54) is 11.3 Å². The Morgan fingerprint density at radius 3 is 3.00 bits per heavy atom. The first-order valence-corrected chi connectivity index (χ1v) is 8.73. The molecule has 1 aromatic carbocycles. The second-order valence-corrected chi connectivity index (χ2v) is 7.24. The number of aromatic nitrogens is 1. The van der Waals surface area contributed by atoms with Gasteiger partial charge in [-0.1, -0.05) is 42.9 Å². The number of carbonyl (C=O) groups is 1. The number of fused-ring (bicyclic) bond motifs is 1. The zero-order valence-electron chi connectivity index (χ0n) is 12.7. The lowest BCUT2D eigenvalue weighted by Crippen LogP contribution is -2.39. The van der Waals surface area contributed by atoms with Gasteiger partial charge >= 0.3 is 0 Å². The predicted octanol–water partition coefficient (Wildman–Crippen LogP) is 4.12. The molecule has 2 heterocycles. The first kappa shape index (κ1) is 15.7. The smallest absolute Gasteiger partial charge is 0.231 e. The van der Waals surface area contributed by atoms with E-state index in [9.17, 15) is 4.79 Å². The van der Waals surface area contributed by atoms with Crippen LogP contribution in [0.3, 0.4) is 0 Å². The third-order valence-corrected chi connectivity index (χ3v) is 5.11. The standard InChI is InChI=1S/C16H19ClN2O2S/c1-10(2)15(20)19(9-11-5-4-8-21-11)16-18-14-12(17)6-3-7-13(14)22-16/h3,6-7,10-11H,4-5,8-9H2,1-2H3. The van der Waals surface area contributed by atoms with Crippen LogP contribution >= 0.6 is 22.9 Å². The van der Waals surface area contributed by atoms with Crippen molar-refractivity contribution in [3.8, 4) is 0 Å². The normalized spacial score (nSPS) is 18.3. The van der Waals surface area contributed by atoms with Crippen LogP contribution in [-0.4, -0.2) is 30.1 Å². The van der Waals surface area contributed by atoms with Crippen LogP contribution < -0.4 is 4.90 Å². The van der Waals surface area contributed by atoms with E-state index in [-0.39, 0.29) is 17.9 Å². The molecule has 0 bridgehead atoms. The second kappa shape index (κ2) is 6.52. The maximum Gasteiger partial charge on any atom is 0.231 e. The summed E-state index contributed by atoms with van der Waals surface area (Å²) in [4.78, 5) is 19.0. The lowest BCUT2D eigenvalue weighted by molar-refractivity contribution is -0.121. The Bertz CT molecular complexity index is 680. The second-order valence-electron chi connectivity index (χ2n) is 5.82. The van der Waals surface area contributed by atoms with E-state index in [1.54, 1.807) is 4.90 Å². The maximum atomic E-state index is 12.6. The van der Waals surface area contributed by atoms with Gasteiger partial charge in [-0.3, -0.25) is 9.69 Å². The average Bonchev–Trinajstić information content (AvgIpc) is 3.13. The van der Waals surface area contributed by atoms with Gasteiger partial charge in [-0.15, -0.1) is 0 Å². The number of anilines is 1. The van der Waals surface area contributed by atoms with Gasteiger partial charge in [-0.05, 0) is 25.0 Å². The lowest BCUT2D eigenvalue weighted by Gasteiger charge is -2.24. The minimum absolute atomic E-state index is 0.0747. The summed E-state index contributed by atoms with van der Waals surface area (Å²) in [5.41, 5.74) is 0.762. The molecule has 0 saturated carbocycles. The lowest BCUT2D eigenvalue weighted by atomic mass is 10.1. The van der Waals surface area contributed by atoms with Crippen LogP contribution in [0.1, 0.15) is 26.7 Å². The SMILES string of the molecule is CC(C)C(=O)N(CC1CCCO1)c1nc2c(Cl)cccc2s1. The summed E-state index contributed by atoms with van der Waals surface area (Å²) in [6.45, 7) is 5.16. The minimum Gasteiger partial charge on any atom is -0.376 e. The highest BCUT2D eigenvalue weighted by atomic mass is 35.5. The molecule has 4 nitrogen and oxygen atoms in total. The molecule has 6 heteroatoms. The van der Waals surface area contributed by atoms with Crippen molar-refractivity contribution >= 4 is 44.2 Å². The average molecular weight is 339 g/mol. The van der Waals surface area contributed by atoms with Crippen LogP contribution in [0.2, 0.25) is 5.02 Å². The highest BCUT2D eigenvalue weighted by Crippen LogP contribution is 2.34. The number of thiazole rings is 1. The molecular formula is C16H19ClN2O2S. The van der Waals surface area contributed by atoms with Gasteiger partial charge < -0.3 is 4.74 Å². The monoisotopic (exact) mass is 338 g/mol. The van der Waals surface area contributed by atoms with Gasteiger partial charge in [0.15, 0.2) is 5.13 Å². The molecule has 1 saturated heterocycles. The quantitative estimate of drug-likeness (QED) is 0.842. The van der Waals surface area contributed by atoms with Crippen LogP contribution in [0.4, 0.5) is 5.13 Å². The Hall–Kier alpha value is -1.17. The van der Waals surface area contributed by atoms with Gasteiger partial charge in [0.25, 0.3) is 0 Å². The fourth-order valence-corrected chi connectivity index (χ4v) is 3.86. The van der Waals surface area contributed by atoms with Crippen LogP contribution in [0.15, 0.2) is 18.2 Å². The minimum atomic E-state index is -0.0797. The van der Waals surface area contributed by atoms with Crippen molar-refractivity contribution in [3.05, 3.63) is 23.2 Å². The molecule has 1 aliphatic rings. The molecule has 1 aromatic heterocycles. The molecule has 0 aliphatic carbocycles. The Balaban J connectivity index is 1.95. The summed E-state index contributed by atoms with van der Waals surface area (Å²) < 4.78 is 6.69. The molecule has 1 unspecified atom stereocenters. The molecule has 1 fully saturated rings. The molecule has 1 aliphatic heterocycles. The molecule has 1 atom stereocenters. The molecule has 3 rings (SSSR count). The molecule has 22 heavy (non-hydrogen) atoms. The van der Waals surface area contributed by atoms with Crippen molar-refractivity contribution in [1.29, 1.82) is 0 Å². The van der Waals surface area contributed by atoms with E-state index >= 15 is 0 Å². The van der Waals surface area contributed by atoms with Crippen molar-refractivity contribution in [1.82, 2.24) is 4.98 Å². The number of hydrogen-bond acceptors (Lipinski definition) is 4. The van der Waals surface area contributed by atoms with E-state index in [2.05, 4.69) is 4.98 Å². The Labute approximate surface area is 139 Å². The molecular weight excluding hydrogens is 320 g/mol. The third-order valence-electron chi connectivity index (χ3n) is 3.76. The Kier molecular flexibility index (Phi) is 4.66. The fourth-order valence-electron chi connectivity index (χ4n) is 2.58. The van der Waals surface area contributed by atoms with Crippen molar-refractivity contribution < 1.29 is 9.53 Å². The van der Waals surface area contributed by atoms with Gasteiger partial charge in [-0.25, -0.2) is 4.98 Å². The fraction of sp³-hybridized carbons (Fsp3) is 0.500. The number of rotatable bonds is 4. The van der Waals surface area contributed by atoms with Gasteiger partial charge in [0, 0.05) is 12.5 Å². The molecule has 0 spiro atoms. The maximum absolute atomic E-state index is 12.6. The van der Waals surface area contributed by atoms with Gasteiger partial charge in [0.1, 0.15) is 5.52 Å². The summed E-state index contributed by atoms with van der Waals surface area (Å²) >= 11 is 7.71. The third kappa shape index (κ3) is 3.12. The summed E-state index contributed by atoms with van der Waals surface area (Å²) in [7, 11) is 0. The van der Waals surface area contributed by atoms with E-state index < -0.39 is 0 Å². The number of carbonyl (C=O) groups excluding carboxylic acids is 1. The van der Waals surface area contributed by atoms with Crippen LogP contribution in [0, 0.1) is 5.92 Å². The number of para-hydroxylation sites is 1. The molecule has 1 amide bonds. The first-order valence-electron chi connectivity index (χ1n) is 7.54. The largest absolute Gasteiger partial charge is 0.376 e. The summed E-state index contributed by atoms with van der Waals surface area (Å²) in [6.07, 6.45) is 2.15. The van der Waals surface area contributed by atoms with Crippen LogP contribution in [0.25, 0.3) is 10.2 Å². The van der Waals surface area contributed by atoms with Crippen molar-refractivity contribution in [2.45, 2.75) is 32.8 Å². The van der Waals surface area contributed by atoms with Gasteiger partial charge in [0.2, 0.25) is 5.91 Å². The number of nitrogens with zero attached hydrogens (tertiary/aromatic N) is 2. The highest BCUT2D eigenvalue weighted by molar-refractivity contribution is 7.22. The topological polar surface area (TPSA) is 42.4 Å². The Morgan fingerprint density at radius 2 is 2.36 bits per heavy atom. The first-order chi connectivity index (χ1) is 10.6. The van der Waals surface area contributed by atoms with E-state index in [4.69, 9.17) is 16.3 Å². The van der Waals surface area contributed by atoms with Crippen molar-refractivity contribution in [2.24, 2.45) is 5.92 Å². The van der Waals surface area contributed by atoms with Crippen molar-refractivity contribution in [3.63, 3.8) is 0 Å². The predicted molar refractivity (Wildman–Crippen MR) is 90.8 cm³/mol. The number of hydrogen-bond donors (Lipinski definition) is 0. The molecule has 2 aromatic rings.